The largest absolute Gasteiger partial charge is 0.453 e. The monoisotopic (exact) mass is 532 g/mol. The molecule has 0 saturated heterocycles. The van der Waals surface area contributed by atoms with Gasteiger partial charge in [0.25, 0.3) is 0 Å². The molecule has 0 radical (unpaired) electrons. The SMILES string of the molecule is CC(=O)Oc1c(Cl)c(OC(C)=O)c2c(=O)c3cccc(/C=N\Nc4ccccc4Cl)c3oc2c1Cl. The van der Waals surface area contributed by atoms with Gasteiger partial charge in [-0.05, 0) is 24.3 Å². The predicted octanol–water partition coefficient (Wildman–Crippen LogP) is 6.20. The van der Waals surface area contributed by atoms with Crippen molar-refractivity contribution in [2.45, 2.75) is 13.8 Å². The van der Waals surface area contributed by atoms with Gasteiger partial charge in [0.05, 0.1) is 22.3 Å². The van der Waals surface area contributed by atoms with E-state index in [-0.39, 0.29) is 43.5 Å². The predicted molar refractivity (Wildman–Crippen MR) is 135 cm³/mol. The zero-order chi connectivity index (χ0) is 25.3. The van der Waals surface area contributed by atoms with E-state index < -0.39 is 17.4 Å². The van der Waals surface area contributed by atoms with Crippen molar-refractivity contribution in [1.82, 2.24) is 0 Å². The lowest BCUT2D eigenvalue weighted by Gasteiger charge is -2.14. The molecular formula is C24H15Cl3N2O6. The van der Waals surface area contributed by atoms with Crippen LogP contribution in [-0.2, 0) is 9.59 Å². The number of carbonyl (C=O) groups is 2. The lowest BCUT2D eigenvalue weighted by Crippen LogP contribution is -2.11. The quantitative estimate of drug-likeness (QED) is 0.107. The van der Waals surface area contributed by atoms with E-state index >= 15 is 0 Å². The molecule has 35 heavy (non-hydrogen) atoms. The molecule has 1 aromatic heterocycles. The number of benzene rings is 3. The number of anilines is 1. The van der Waals surface area contributed by atoms with Gasteiger partial charge in [-0.15, -0.1) is 0 Å². The van der Waals surface area contributed by atoms with E-state index in [1.54, 1.807) is 36.4 Å². The number of para-hydroxylation sites is 2. The Bertz CT molecular complexity index is 1600. The molecule has 11 heteroatoms. The summed E-state index contributed by atoms with van der Waals surface area (Å²) in [7, 11) is 0. The van der Waals surface area contributed by atoms with Crippen LogP contribution in [0.15, 0.2) is 56.8 Å². The van der Waals surface area contributed by atoms with Crippen LogP contribution in [0.1, 0.15) is 19.4 Å². The van der Waals surface area contributed by atoms with Crippen LogP contribution in [0.25, 0.3) is 21.9 Å². The van der Waals surface area contributed by atoms with Gasteiger partial charge < -0.3 is 13.9 Å². The highest BCUT2D eigenvalue weighted by atomic mass is 35.5. The van der Waals surface area contributed by atoms with E-state index in [0.29, 0.717) is 16.3 Å². The molecule has 8 nitrogen and oxygen atoms in total. The van der Waals surface area contributed by atoms with Gasteiger partial charge in [-0.3, -0.25) is 19.8 Å². The number of ether oxygens (including phenoxy) is 2. The molecule has 0 bridgehead atoms. The number of hydrogen-bond donors (Lipinski definition) is 1. The Balaban J connectivity index is 1.96. The van der Waals surface area contributed by atoms with Gasteiger partial charge in [-0.1, -0.05) is 53.0 Å². The number of halogens is 3. The minimum atomic E-state index is -0.754. The van der Waals surface area contributed by atoms with Gasteiger partial charge in [-0.25, -0.2) is 0 Å². The minimum Gasteiger partial charge on any atom is -0.453 e. The number of fused-ring (bicyclic) bond motifs is 2. The molecule has 0 saturated carbocycles. The Labute approximate surface area is 213 Å². The van der Waals surface area contributed by atoms with Crippen LogP contribution < -0.4 is 20.3 Å². The Morgan fingerprint density at radius 3 is 2.29 bits per heavy atom. The summed E-state index contributed by atoms with van der Waals surface area (Å²) in [5.41, 5.74) is 3.22. The maximum atomic E-state index is 13.5. The van der Waals surface area contributed by atoms with Gasteiger partial charge in [-0.2, -0.15) is 5.10 Å². The molecule has 1 N–H and O–H groups in total. The topological polar surface area (TPSA) is 107 Å². The second-order valence-corrected chi connectivity index (χ2v) is 8.35. The van der Waals surface area contributed by atoms with Crippen LogP contribution in [0.5, 0.6) is 11.5 Å². The number of esters is 2. The van der Waals surface area contributed by atoms with Crippen molar-refractivity contribution < 1.29 is 23.5 Å². The smallest absolute Gasteiger partial charge is 0.308 e. The maximum Gasteiger partial charge on any atom is 0.308 e. The molecule has 178 valence electrons. The van der Waals surface area contributed by atoms with Crippen molar-refractivity contribution in [3.63, 3.8) is 0 Å². The second kappa shape index (κ2) is 9.95. The third-order valence-corrected chi connectivity index (χ3v) is 5.74. The summed E-state index contributed by atoms with van der Waals surface area (Å²) in [6, 6.07) is 11.8. The number of rotatable bonds is 5. The van der Waals surface area contributed by atoms with Gasteiger partial charge >= 0.3 is 11.9 Å². The number of carbonyl (C=O) groups excluding carboxylic acids is 2. The van der Waals surface area contributed by atoms with Crippen molar-refractivity contribution in [3.05, 3.63) is 73.3 Å². The van der Waals surface area contributed by atoms with Crippen molar-refractivity contribution >= 4 is 80.6 Å². The highest BCUT2D eigenvalue weighted by molar-refractivity contribution is 6.42. The first kappa shape index (κ1) is 24.5. The molecule has 4 rings (SSSR count). The van der Waals surface area contributed by atoms with Crippen molar-refractivity contribution in [2.75, 3.05) is 5.43 Å². The first-order valence-electron chi connectivity index (χ1n) is 10.00. The average molecular weight is 534 g/mol. The maximum absolute atomic E-state index is 13.5. The van der Waals surface area contributed by atoms with E-state index in [9.17, 15) is 14.4 Å². The molecule has 0 amide bonds. The van der Waals surface area contributed by atoms with Crippen LogP contribution in [-0.4, -0.2) is 18.2 Å². The Hall–Kier alpha value is -3.59. The van der Waals surface area contributed by atoms with Gasteiger partial charge in [0, 0.05) is 19.4 Å². The van der Waals surface area contributed by atoms with Crippen molar-refractivity contribution in [3.8, 4) is 11.5 Å². The third kappa shape index (κ3) is 4.81. The summed E-state index contributed by atoms with van der Waals surface area (Å²) in [4.78, 5) is 36.8. The fraction of sp³-hybridized carbons (Fsp3) is 0.0833. The highest BCUT2D eigenvalue weighted by Crippen LogP contribution is 2.47. The van der Waals surface area contributed by atoms with E-state index in [1.807, 2.05) is 0 Å². The molecule has 0 aliphatic heterocycles. The normalized spacial score (nSPS) is 11.2. The Kier molecular flexibility index (Phi) is 6.98. The first-order valence-corrected chi connectivity index (χ1v) is 11.1. The highest BCUT2D eigenvalue weighted by Gasteiger charge is 2.27. The molecule has 0 aliphatic rings. The summed E-state index contributed by atoms with van der Waals surface area (Å²) >= 11 is 18.9. The fourth-order valence-electron chi connectivity index (χ4n) is 3.31. The van der Waals surface area contributed by atoms with Gasteiger partial charge in [0.1, 0.15) is 21.0 Å². The first-order chi connectivity index (χ1) is 16.7. The Morgan fingerprint density at radius 1 is 0.914 bits per heavy atom. The summed E-state index contributed by atoms with van der Waals surface area (Å²) < 4.78 is 16.3. The molecule has 0 fully saturated rings. The van der Waals surface area contributed by atoms with Crippen LogP contribution in [0.4, 0.5) is 5.69 Å². The van der Waals surface area contributed by atoms with E-state index in [1.165, 1.54) is 12.3 Å². The number of hydrogen-bond acceptors (Lipinski definition) is 8. The second-order valence-electron chi connectivity index (χ2n) is 7.18. The molecular weight excluding hydrogens is 519 g/mol. The standard InChI is InChI=1S/C24H15Cl3N2O6/c1-11(30)33-22-17-20(32)14-7-5-6-13(10-28-29-16-9-4-3-8-15(16)25)21(14)35-23(17)19(27)24(18(22)26)34-12(2)31/h3-10,29H,1-2H3/b28-10-. The van der Waals surface area contributed by atoms with Crippen molar-refractivity contribution in [1.29, 1.82) is 0 Å². The fourth-order valence-corrected chi connectivity index (χ4v) is 4.07. The molecule has 4 aromatic rings. The van der Waals surface area contributed by atoms with Crippen LogP contribution in [0.3, 0.4) is 0 Å². The average Bonchev–Trinajstić information content (AvgIpc) is 2.81. The van der Waals surface area contributed by atoms with E-state index in [2.05, 4.69) is 10.5 Å². The van der Waals surface area contributed by atoms with E-state index in [4.69, 9.17) is 48.7 Å². The molecule has 1 heterocycles. The summed E-state index contributed by atoms with van der Waals surface area (Å²) in [5, 5.41) is 4.06. The zero-order valence-corrected chi connectivity index (χ0v) is 20.4. The van der Waals surface area contributed by atoms with E-state index in [0.717, 1.165) is 13.8 Å². The summed E-state index contributed by atoms with van der Waals surface area (Å²) in [5.74, 6) is -2.12. The van der Waals surface area contributed by atoms with Gasteiger partial charge in [0.2, 0.25) is 5.43 Å². The number of hydrazone groups is 1. The molecule has 0 aliphatic carbocycles. The minimum absolute atomic E-state index is 0.140. The number of nitrogens with zero attached hydrogens (tertiary/aromatic N) is 1. The summed E-state index contributed by atoms with van der Waals surface area (Å²) in [6.45, 7) is 2.27. The third-order valence-electron chi connectivity index (χ3n) is 4.73. The van der Waals surface area contributed by atoms with Crippen LogP contribution in [0.2, 0.25) is 15.1 Å². The molecule has 0 atom stereocenters. The number of nitrogens with one attached hydrogen (secondary N) is 1. The van der Waals surface area contributed by atoms with Gasteiger partial charge in [0.15, 0.2) is 17.1 Å². The molecule has 0 spiro atoms. The van der Waals surface area contributed by atoms with Crippen LogP contribution in [0, 0.1) is 0 Å². The Morgan fingerprint density at radius 2 is 1.60 bits per heavy atom. The lowest BCUT2D eigenvalue weighted by atomic mass is 10.1. The van der Waals surface area contributed by atoms with Crippen LogP contribution >= 0.6 is 34.8 Å². The summed E-state index contributed by atoms with van der Waals surface area (Å²) in [6.07, 6.45) is 1.43. The molecule has 3 aromatic carbocycles. The molecule has 0 unspecified atom stereocenters. The van der Waals surface area contributed by atoms with Crippen molar-refractivity contribution in [2.24, 2.45) is 5.10 Å². The lowest BCUT2D eigenvalue weighted by molar-refractivity contribution is -0.132. The zero-order valence-electron chi connectivity index (χ0n) is 18.1.